The first-order valence-corrected chi connectivity index (χ1v) is 5.76. The van der Waals surface area contributed by atoms with Crippen molar-refractivity contribution in [2.24, 2.45) is 0 Å². The van der Waals surface area contributed by atoms with E-state index in [0.29, 0.717) is 12.1 Å². The van der Waals surface area contributed by atoms with E-state index < -0.39 is 0 Å². The van der Waals surface area contributed by atoms with Crippen molar-refractivity contribution in [1.29, 1.82) is 0 Å². The SMILES string of the molecule is CCC(OC)C(CCC(C)(C)OC)NC. The van der Waals surface area contributed by atoms with E-state index in [1.54, 1.807) is 14.2 Å². The Hall–Kier alpha value is -0.120. The number of hydrogen-bond donors (Lipinski definition) is 1. The number of hydrogen-bond acceptors (Lipinski definition) is 3. The van der Waals surface area contributed by atoms with Crippen molar-refractivity contribution >= 4 is 0 Å². The highest BCUT2D eigenvalue weighted by atomic mass is 16.5. The summed E-state index contributed by atoms with van der Waals surface area (Å²) in [6.07, 6.45) is 3.44. The molecule has 3 heteroatoms. The van der Waals surface area contributed by atoms with E-state index in [1.165, 1.54) is 0 Å². The van der Waals surface area contributed by atoms with E-state index in [9.17, 15) is 0 Å². The highest BCUT2D eigenvalue weighted by molar-refractivity contribution is 4.79. The Labute approximate surface area is 94.5 Å². The van der Waals surface area contributed by atoms with Gasteiger partial charge in [0.25, 0.3) is 0 Å². The zero-order valence-corrected chi connectivity index (χ0v) is 11.1. The minimum atomic E-state index is -0.0405. The van der Waals surface area contributed by atoms with Crippen molar-refractivity contribution in [2.75, 3.05) is 21.3 Å². The molecule has 0 amide bonds. The Kier molecular flexibility index (Phi) is 7.14. The first kappa shape index (κ1) is 14.9. The average Bonchev–Trinajstić information content (AvgIpc) is 2.24. The van der Waals surface area contributed by atoms with E-state index in [1.807, 2.05) is 7.05 Å². The molecule has 0 radical (unpaired) electrons. The van der Waals surface area contributed by atoms with E-state index in [0.717, 1.165) is 19.3 Å². The topological polar surface area (TPSA) is 30.5 Å². The molecule has 0 rings (SSSR count). The van der Waals surface area contributed by atoms with Gasteiger partial charge in [0.15, 0.2) is 0 Å². The molecule has 0 aromatic carbocycles. The second kappa shape index (κ2) is 7.20. The molecule has 0 saturated carbocycles. The zero-order valence-electron chi connectivity index (χ0n) is 11.1. The van der Waals surface area contributed by atoms with Crippen LogP contribution < -0.4 is 5.32 Å². The maximum atomic E-state index is 5.45. The Morgan fingerprint density at radius 3 is 2.20 bits per heavy atom. The van der Waals surface area contributed by atoms with Crippen LogP contribution in [-0.4, -0.2) is 39.0 Å². The number of ether oxygens (including phenoxy) is 2. The van der Waals surface area contributed by atoms with Crippen LogP contribution in [0, 0.1) is 0 Å². The van der Waals surface area contributed by atoms with Crippen LogP contribution in [0.5, 0.6) is 0 Å². The van der Waals surface area contributed by atoms with E-state index in [2.05, 4.69) is 26.1 Å². The molecule has 0 aromatic rings. The molecule has 0 aliphatic carbocycles. The van der Waals surface area contributed by atoms with E-state index in [-0.39, 0.29) is 5.60 Å². The van der Waals surface area contributed by atoms with Crippen LogP contribution >= 0.6 is 0 Å². The molecular formula is C12H27NO2. The number of likely N-dealkylation sites (N-methyl/N-ethyl adjacent to an activating group) is 1. The van der Waals surface area contributed by atoms with Crippen molar-refractivity contribution in [2.45, 2.75) is 57.8 Å². The molecular weight excluding hydrogens is 190 g/mol. The van der Waals surface area contributed by atoms with Crippen molar-refractivity contribution in [1.82, 2.24) is 5.32 Å². The highest BCUT2D eigenvalue weighted by Crippen LogP contribution is 2.19. The predicted octanol–water partition coefficient (Wildman–Crippen LogP) is 2.20. The molecule has 0 bridgehead atoms. The summed E-state index contributed by atoms with van der Waals surface area (Å²) in [5.41, 5.74) is -0.0405. The van der Waals surface area contributed by atoms with Crippen LogP contribution in [0.25, 0.3) is 0 Å². The van der Waals surface area contributed by atoms with Gasteiger partial charge in [0.2, 0.25) is 0 Å². The molecule has 0 aromatic heterocycles. The second-order valence-corrected chi connectivity index (χ2v) is 4.58. The van der Waals surface area contributed by atoms with Crippen LogP contribution in [0.15, 0.2) is 0 Å². The maximum absolute atomic E-state index is 5.45. The molecule has 0 aliphatic heterocycles. The molecule has 3 nitrogen and oxygen atoms in total. The molecule has 0 aliphatic rings. The lowest BCUT2D eigenvalue weighted by atomic mass is 9.95. The highest BCUT2D eigenvalue weighted by Gasteiger charge is 2.22. The third-order valence-electron chi connectivity index (χ3n) is 3.13. The molecule has 2 atom stereocenters. The lowest BCUT2D eigenvalue weighted by molar-refractivity contribution is 0.00246. The summed E-state index contributed by atoms with van der Waals surface area (Å²) in [4.78, 5) is 0. The zero-order chi connectivity index (χ0) is 11.9. The fourth-order valence-corrected chi connectivity index (χ4v) is 1.74. The van der Waals surface area contributed by atoms with Crippen molar-refractivity contribution in [3.05, 3.63) is 0 Å². The number of rotatable bonds is 8. The Morgan fingerprint density at radius 2 is 1.87 bits per heavy atom. The fraction of sp³-hybridized carbons (Fsp3) is 1.00. The van der Waals surface area contributed by atoms with Crippen LogP contribution in [0.4, 0.5) is 0 Å². The maximum Gasteiger partial charge on any atom is 0.0721 e. The van der Waals surface area contributed by atoms with Crippen molar-refractivity contribution in [3.63, 3.8) is 0 Å². The largest absolute Gasteiger partial charge is 0.380 e. The van der Waals surface area contributed by atoms with Crippen LogP contribution in [0.1, 0.15) is 40.0 Å². The quantitative estimate of drug-likeness (QED) is 0.676. The first-order valence-electron chi connectivity index (χ1n) is 5.76. The molecule has 1 N–H and O–H groups in total. The van der Waals surface area contributed by atoms with Crippen molar-refractivity contribution in [3.8, 4) is 0 Å². The summed E-state index contributed by atoms with van der Waals surface area (Å²) in [6.45, 7) is 6.39. The summed E-state index contributed by atoms with van der Waals surface area (Å²) < 4.78 is 10.9. The molecule has 0 spiro atoms. The van der Waals surface area contributed by atoms with Crippen LogP contribution in [-0.2, 0) is 9.47 Å². The fourth-order valence-electron chi connectivity index (χ4n) is 1.74. The normalized spacial score (nSPS) is 16.4. The second-order valence-electron chi connectivity index (χ2n) is 4.58. The Balaban J connectivity index is 4.10. The van der Waals surface area contributed by atoms with Gasteiger partial charge in [0, 0.05) is 20.3 Å². The smallest absolute Gasteiger partial charge is 0.0721 e. The van der Waals surface area contributed by atoms with E-state index in [4.69, 9.17) is 9.47 Å². The summed E-state index contributed by atoms with van der Waals surface area (Å²) in [5, 5.41) is 3.32. The molecule has 0 fully saturated rings. The van der Waals surface area contributed by atoms with Gasteiger partial charge in [0.05, 0.1) is 11.7 Å². The van der Waals surface area contributed by atoms with Gasteiger partial charge in [-0.3, -0.25) is 0 Å². The summed E-state index contributed by atoms with van der Waals surface area (Å²) in [7, 11) is 5.54. The van der Waals surface area contributed by atoms with Crippen LogP contribution in [0.2, 0.25) is 0 Å². The standard InChI is InChI=1S/C12H27NO2/c1-7-11(14-5)10(13-4)8-9-12(2,3)15-6/h10-11,13H,7-9H2,1-6H3. The van der Waals surface area contributed by atoms with Gasteiger partial charge in [0.1, 0.15) is 0 Å². The van der Waals surface area contributed by atoms with Crippen LogP contribution in [0.3, 0.4) is 0 Å². The number of nitrogens with one attached hydrogen (secondary N) is 1. The molecule has 0 heterocycles. The lowest BCUT2D eigenvalue weighted by Crippen LogP contribution is -2.40. The van der Waals surface area contributed by atoms with Gasteiger partial charge in [-0.25, -0.2) is 0 Å². The van der Waals surface area contributed by atoms with Crippen molar-refractivity contribution < 1.29 is 9.47 Å². The minimum absolute atomic E-state index is 0.0405. The Bertz CT molecular complexity index is 156. The van der Waals surface area contributed by atoms with Gasteiger partial charge in [-0.2, -0.15) is 0 Å². The summed E-state index contributed by atoms with van der Waals surface area (Å²) in [6, 6.07) is 0.412. The monoisotopic (exact) mass is 217 g/mol. The van der Waals surface area contributed by atoms with E-state index >= 15 is 0 Å². The first-order chi connectivity index (χ1) is 7.00. The minimum Gasteiger partial charge on any atom is -0.380 e. The van der Waals surface area contributed by atoms with Gasteiger partial charge in [-0.15, -0.1) is 0 Å². The van der Waals surface area contributed by atoms with Gasteiger partial charge < -0.3 is 14.8 Å². The summed E-state index contributed by atoms with van der Waals surface area (Å²) in [5.74, 6) is 0. The third kappa shape index (κ3) is 5.50. The molecule has 2 unspecified atom stereocenters. The number of methoxy groups -OCH3 is 2. The van der Waals surface area contributed by atoms with Gasteiger partial charge >= 0.3 is 0 Å². The van der Waals surface area contributed by atoms with Gasteiger partial charge in [-0.05, 0) is 40.2 Å². The predicted molar refractivity (Wildman–Crippen MR) is 64.3 cm³/mol. The third-order valence-corrected chi connectivity index (χ3v) is 3.13. The lowest BCUT2D eigenvalue weighted by Gasteiger charge is -2.29. The average molecular weight is 217 g/mol. The molecule has 0 saturated heterocycles. The van der Waals surface area contributed by atoms with Gasteiger partial charge in [-0.1, -0.05) is 6.92 Å². The Morgan fingerprint density at radius 1 is 1.27 bits per heavy atom. The molecule has 92 valence electrons. The molecule has 15 heavy (non-hydrogen) atoms. The summed E-state index contributed by atoms with van der Waals surface area (Å²) >= 11 is 0.